The van der Waals surface area contributed by atoms with E-state index < -0.39 is 0 Å². The maximum Gasteiger partial charge on any atom is 0.135 e. The summed E-state index contributed by atoms with van der Waals surface area (Å²) in [6.45, 7) is 0.643. The Labute approximate surface area is 77.0 Å². The average Bonchev–Trinajstić information content (AvgIpc) is 2.14. The van der Waals surface area contributed by atoms with Crippen LogP contribution in [0.25, 0.3) is 0 Å². The first-order chi connectivity index (χ1) is 6.29. The molecule has 0 heterocycles. The Kier molecular flexibility index (Phi) is 3.50. The second-order valence-corrected chi connectivity index (χ2v) is 2.53. The highest BCUT2D eigenvalue weighted by Crippen LogP contribution is 1.96. The van der Waals surface area contributed by atoms with Crippen molar-refractivity contribution in [1.82, 2.24) is 5.43 Å². The van der Waals surface area contributed by atoms with Crippen molar-refractivity contribution in [1.29, 1.82) is 5.41 Å². The zero-order valence-corrected chi connectivity index (χ0v) is 7.20. The molecule has 4 heteroatoms. The van der Waals surface area contributed by atoms with E-state index in [1.54, 1.807) is 0 Å². The minimum Gasteiger partial charge on any atom is -0.383 e. The van der Waals surface area contributed by atoms with Gasteiger partial charge in [0.25, 0.3) is 0 Å². The van der Waals surface area contributed by atoms with Gasteiger partial charge in [-0.3, -0.25) is 5.41 Å². The Bertz CT molecular complexity index is 292. The highest BCUT2D eigenvalue weighted by molar-refractivity contribution is 6.26. The molecule has 68 valence electrons. The summed E-state index contributed by atoms with van der Waals surface area (Å²) in [5.41, 5.74) is 8.99. The summed E-state index contributed by atoms with van der Waals surface area (Å²) in [5.74, 6) is -0.0550. The van der Waals surface area contributed by atoms with E-state index in [4.69, 9.17) is 11.1 Å². The summed E-state index contributed by atoms with van der Waals surface area (Å²) in [4.78, 5) is 0. The number of nitrogens with two attached hydrogens (primary N) is 1. The minimum atomic E-state index is -0.0550. The number of nitrogens with one attached hydrogen (secondary N) is 2. The van der Waals surface area contributed by atoms with Gasteiger partial charge < -0.3 is 11.2 Å². The van der Waals surface area contributed by atoms with E-state index in [2.05, 4.69) is 10.5 Å². The predicted molar refractivity (Wildman–Crippen MR) is 53.7 cm³/mol. The van der Waals surface area contributed by atoms with E-state index >= 15 is 0 Å². The van der Waals surface area contributed by atoms with E-state index in [1.165, 1.54) is 6.21 Å². The van der Waals surface area contributed by atoms with Gasteiger partial charge >= 0.3 is 0 Å². The van der Waals surface area contributed by atoms with E-state index in [9.17, 15) is 0 Å². The Balaban J connectivity index is 2.32. The third-order valence-corrected chi connectivity index (χ3v) is 1.42. The lowest BCUT2D eigenvalue weighted by Crippen LogP contribution is -2.14. The van der Waals surface area contributed by atoms with Crippen molar-refractivity contribution in [3.63, 3.8) is 0 Å². The lowest BCUT2D eigenvalue weighted by Gasteiger charge is -1.98. The maximum absolute atomic E-state index is 6.87. The molecule has 1 aromatic rings. The van der Waals surface area contributed by atoms with Gasteiger partial charge in [0, 0.05) is 0 Å². The molecule has 1 aromatic carbocycles. The molecule has 0 amide bonds. The zero-order chi connectivity index (χ0) is 9.52. The van der Waals surface area contributed by atoms with Crippen molar-refractivity contribution in [2.24, 2.45) is 10.8 Å². The first-order valence-electron chi connectivity index (χ1n) is 3.93. The number of rotatable bonds is 4. The van der Waals surface area contributed by atoms with Crippen LogP contribution in [0.5, 0.6) is 0 Å². The molecule has 0 unspecified atom stereocenters. The number of hydrogen-bond acceptors (Lipinski definition) is 3. The van der Waals surface area contributed by atoms with Crippen molar-refractivity contribution in [3.05, 3.63) is 35.9 Å². The predicted octanol–water partition coefficient (Wildman–Crippen LogP) is 0.698. The highest BCUT2D eigenvalue weighted by Gasteiger charge is 1.86. The van der Waals surface area contributed by atoms with E-state index in [-0.39, 0.29) is 5.84 Å². The standard InChI is InChI=1S/C9H12N4/c10-9(11)7-13-12-6-8-4-2-1-3-5-8/h1-5,7,12H,6H2,(H3,10,11)/b13-7-. The monoisotopic (exact) mass is 176 g/mol. The van der Waals surface area contributed by atoms with Crippen molar-refractivity contribution in [2.75, 3.05) is 0 Å². The van der Waals surface area contributed by atoms with Crippen molar-refractivity contribution >= 4 is 12.1 Å². The van der Waals surface area contributed by atoms with E-state index in [1.807, 2.05) is 30.3 Å². The van der Waals surface area contributed by atoms with Gasteiger partial charge in [0.05, 0.1) is 12.8 Å². The molecular weight excluding hydrogens is 164 g/mol. The van der Waals surface area contributed by atoms with Crippen LogP contribution in [0.1, 0.15) is 5.56 Å². The number of hydrazone groups is 1. The van der Waals surface area contributed by atoms with Gasteiger partial charge in [-0.1, -0.05) is 30.3 Å². The summed E-state index contributed by atoms with van der Waals surface area (Å²) in [7, 11) is 0. The van der Waals surface area contributed by atoms with Crippen LogP contribution >= 0.6 is 0 Å². The van der Waals surface area contributed by atoms with Crippen molar-refractivity contribution in [2.45, 2.75) is 6.54 Å². The second-order valence-electron chi connectivity index (χ2n) is 2.53. The van der Waals surface area contributed by atoms with Crippen LogP contribution in [-0.2, 0) is 6.54 Å². The molecule has 0 aliphatic rings. The smallest absolute Gasteiger partial charge is 0.135 e. The highest BCUT2D eigenvalue weighted by atomic mass is 15.3. The van der Waals surface area contributed by atoms with Crippen LogP contribution in [0, 0.1) is 5.41 Å². The quantitative estimate of drug-likeness (QED) is 0.359. The number of amidine groups is 1. The van der Waals surface area contributed by atoms with Gasteiger partial charge in [-0.05, 0) is 5.56 Å². The van der Waals surface area contributed by atoms with Crippen LogP contribution < -0.4 is 11.2 Å². The van der Waals surface area contributed by atoms with Gasteiger partial charge in [-0.15, -0.1) is 0 Å². The van der Waals surface area contributed by atoms with Gasteiger partial charge in [0.15, 0.2) is 0 Å². The molecule has 0 aromatic heterocycles. The molecule has 4 N–H and O–H groups in total. The van der Waals surface area contributed by atoms with Crippen LogP contribution in [0.3, 0.4) is 0 Å². The number of benzene rings is 1. The molecule has 0 fully saturated rings. The maximum atomic E-state index is 6.87. The van der Waals surface area contributed by atoms with Crippen LogP contribution in [-0.4, -0.2) is 12.1 Å². The summed E-state index contributed by atoms with van der Waals surface area (Å²) >= 11 is 0. The fraction of sp³-hybridized carbons (Fsp3) is 0.111. The first-order valence-corrected chi connectivity index (χ1v) is 3.93. The van der Waals surface area contributed by atoms with Crippen molar-refractivity contribution < 1.29 is 0 Å². The Hall–Kier alpha value is -1.84. The van der Waals surface area contributed by atoms with Gasteiger partial charge in [0.2, 0.25) is 0 Å². The molecular formula is C9H12N4. The normalized spacial score (nSPS) is 10.2. The fourth-order valence-corrected chi connectivity index (χ4v) is 0.848. The summed E-state index contributed by atoms with van der Waals surface area (Å²) in [6, 6.07) is 9.88. The molecule has 0 saturated carbocycles. The summed E-state index contributed by atoms with van der Waals surface area (Å²) in [5, 5.41) is 10.6. The van der Waals surface area contributed by atoms with Crippen molar-refractivity contribution in [3.8, 4) is 0 Å². The third kappa shape index (κ3) is 3.91. The molecule has 0 aliphatic carbocycles. The number of hydrogen-bond donors (Lipinski definition) is 3. The van der Waals surface area contributed by atoms with Gasteiger partial charge in [0.1, 0.15) is 5.84 Å². The van der Waals surface area contributed by atoms with Gasteiger partial charge in [-0.2, -0.15) is 5.10 Å². The Morgan fingerprint density at radius 3 is 2.77 bits per heavy atom. The van der Waals surface area contributed by atoms with Crippen LogP contribution in [0.15, 0.2) is 35.4 Å². The minimum absolute atomic E-state index is 0.0550. The summed E-state index contributed by atoms with van der Waals surface area (Å²) in [6.07, 6.45) is 1.27. The Morgan fingerprint density at radius 1 is 1.46 bits per heavy atom. The topological polar surface area (TPSA) is 74.3 Å². The molecule has 4 nitrogen and oxygen atoms in total. The largest absolute Gasteiger partial charge is 0.383 e. The van der Waals surface area contributed by atoms with Crippen LogP contribution in [0.2, 0.25) is 0 Å². The SMILES string of the molecule is N=C(N)/C=N\NCc1ccccc1. The summed E-state index contributed by atoms with van der Waals surface area (Å²) < 4.78 is 0. The van der Waals surface area contributed by atoms with Gasteiger partial charge in [-0.25, -0.2) is 0 Å². The third-order valence-electron chi connectivity index (χ3n) is 1.42. The first kappa shape index (κ1) is 9.25. The molecule has 13 heavy (non-hydrogen) atoms. The fourth-order valence-electron chi connectivity index (χ4n) is 0.848. The molecule has 0 bridgehead atoms. The molecule has 0 spiro atoms. The average molecular weight is 176 g/mol. The lowest BCUT2D eigenvalue weighted by molar-refractivity contribution is 0.749. The number of nitrogens with zero attached hydrogens (tertiary/aromatic N) is 1. The zero-order valence-electron chi connectivity index (χ0n) is 7.20. The lowest BCUT2D eigenvalue weighted by atomic mass is 10.2. The Morgan fingerprint density at radius 2 is 2.15 bits per heavy atom. The van der Waals surface area contributed by atoms with E-state index in [0.717, 1.165) is 5.56 Å². The van der Waals surface area contributed by atoms with E-state index in [0.29, 0.717) is 6.54 Å². The molecule has 0 aliphatic heterocycles. The molecule has 1 rings (SSSR count). The van der Waals surface area contributed by atoms with Crippen LogP contribution in [0.4, 0.5) is 0 Å². The molecule has 0 atom stereocenters. The molecule has 0 radical (unpaired) electrons. The second kappa shape index (κ2) is 4.92. The molecule has 0 saturated heterocycles.